The summed E-state index contributed by atoms with van der Waals surface area (Å²) < 4.78 is 12.9. The van der Waals surface area contributed by atoms with E-state index in [2.05, 4.69) is 27.8 Å². The van der Waals surface area contributed by atoms with Gasteiger partial charge in [0.1, 0.15) is 0 Å². The van der Waals surface area contributed by atoms with Crippen LogP contribution in [0.3, 0.4) is 0 Å². The first-order valence-electron chi connectivity index (χ1n) is 9.39. The maximum atomic E-state index is 6.37. The van der Waals surface area contributed by atoms with E-state index in [1.807, 2.05) is 42.5 Å². The van der Waals surface area contributed by atoms with Crippen LogP contribution in [-0.2, 0) is 6.54 Å². The number of rotatable bonds is 11. The number of nitrogens with zero attached hydrogens (tertiary/aromatic N) is 4. The third-order valence-corrected chi connectivity index (χ3v) is 5.22. The molecule has 7 nitrogen and oxygen atoms in total. The van der Waals surface area contributed by atoms with E-state index >= 15 is 0 Å². The number of tetrazole rings is 1. The van der Waals surface area contributed by atoms with Gasteiger partial charge in [-0.25, -0.2) is 0 Å². The van der Waals surface area contributed by atoms with Crippen LogP contribution in [0, 0.1) is 0 Å². The fraction of sp³-hybridized carbons (Fsp3) is 0.350. The zero-order valence-electron chi connectivity index (χ0n) is 16.5. The second kappa shape index (κ2) is 11.0. The second-order valence-corrected chi connectivity index (χ2v) is 7.66. The highest BCUT2D eigenvalue weighted by molar-refractivity contribution is 7.99. The molecule has 0 unspecified atom stereocenters. The van der Waals surface area contributed by atoms with Crippen molar-refractivity contribution in [3.05, 3.63) is 53.1 Å². The first-order chi connectivity index (χ1) is 14.2. The number of hydrogen-bond donors (Lipinski definition) is 1. The lowest BCUT2D eigenvalue weighted by Crippen LogP contribution is -2.17. The van der Waals surface area contributed by atoms with Crippen LogP contribution in [0.2, 0.25) is 5.02 Å². The number of benzene rings is 2. The molecule has 0 atom stereocenters. The highest BCUT2D eigenvalue weighted by Crippen LogP contribution is 2.36. The number of thioether (sulfide) groups is 1. The second-order valence-electron chi connectivity index (χ2n) is 6.19. The van der Waals surface area contributed by atoms with Gasteiger partial charge in [-0.2, -0.15) is 4.68 Å². The molecule has 0 aliphatic heterocycles. The molecule has 0 saturated carbocycles. The fourth-order valence-electron chi connectivity index (χ4n) is 2.67. The third-order valence-electron chi connectivity index (χ3n) is 4.02. The summed E-state index contributed by atoms with van der Waals surface area (Å²) in [6.07, 6.45) is 0.911. The number of aromatic nitrogens is 4. The largest absolute Gasteiger partial charge is 0.493 e. The minimum Gasteiger partial charge on any atom is -0.493 e. The monoisotopic (exact) mass is 433 g/mol. The Kier molecular flexibility index (Phi) is 8.15. The Balaban J connectivity index is 1.50. The first kappa shape index (κ1) is 21.4. The van der Waals surface area contributed by atoms with Gasteiger partial charge in [-0.1, -0.05) is 48.5 Å². The van der Waals surface area contributed by atoms with E-state index in [1.54, 1.807) is 23.6 Å². The summed E-state index contributed by atoms with van der Waals surface area (Å²) in [6, 6.07) is 13.7. The molecule has 0 aliphatic rings. The highest BCUT2D eigenvalue weighted by atomic mass is 35.5. The van der Waals surface area contributed by atoms with Gasteiger partial charge in [0.15, 0.2) is 11.5 Å². The molecule has 0 bridgehead atoms. The standard InChI is InChI=1S/C20H24ClN5O2S/c1-3-10-28-19-17(21)12-15(13-18(19)27-2)14-22-9-11-29-20-23-24-25-26(20)16-7-5-4-6-8-16/h4-8,12-13,22H,3,9-11,14H2,1-2H3. The van der Waals surface area contributed by atoms with E-state index in [4.69, 9.17) is 21.1 Å². The number of halogens is 1. The molecule has 154 valence electrons. The number of ether oxygens (including phenoxy) is 2. The first-order valence-corrected chi connectivity index (χ1v) is 10.8. The average molecular weight is 434 g/mol. The summed E-state index contributed by atoms with van der Waals surface area (Å²) in [7, 11) is 1.62. The Bertz CT molecular complexity index is 907. The maximum absolute atomic E-state index is 6.37. The SMILES string of the molecule is CCCOc1c(Cl)cc(CNCCSc2nnnn2-c2ccccc2)cc1OC. The summed E-state index contributed by atoms with van der Waals surface area (Å²) in [5, 5.41) is 16.7. The summed E-state index contributed by atoms with van der Waals surface area (Å²) >= 11 is 7.97. The topological polar surface area (TPSA) is 74.1 Å². The zero-order chi connectivity index (χ0) is 20.5. The zero-order valence-corrected chi connectivity index (χ0v) is 18.0. The van der Waals surface area contributed by atoms with Gasteiger partial charge in [0.25, 0.3) is 0 Å². The van der Waals surface area contributed by atoms with Gasteiger partial charge in [-0.3, -0.25) is 0 Å². The Labute approximate surface area is 179 Å². The predicted molar refractivity (Wildman–Crippen MR) is 115 cm³/mol. The van der Waals surface area contributed by atoms with Crippen LogP contribution in [-0.4, -0.2) is 46.2 Å². The van der Waals surface area contributed by atoms with Crippen molar-refractivity contribution < 1.29 is 9.47 Å². The number of hydrogen-bond acceptors (Lipinski definition) is 7. The van der Waals surface area contributed by atoms with Crippen LogP contribution in [0.15, 0.2) is 47.6 Å². The molecule has 1 aromatic heterocycles. The molecule has 0 saturated heterocycles. The van der Waals surface area contributed by atoms with Crippen LogP contribution in [0.1, 0.15) is 18.9 Å². The predicted octanol–water partition coefficient (Wildman–Crippen LogP) is 4.00. The molecule has 0 amide bonds. The van der Waals surface area contributed by atoms with Gasteiger partial charge in [0.2, 0.25) is 5.16 Å². The Hall–Kier alpha value is -2.29. The molecule has 2 aromatic carbocycles. The molecule has 29 heavy (non-hydrogen) atoms. The van der Waals surface area contributed by atoms with Gasteiger partial charge in [-0.05, 0) is 46.7 Å². The van der Waals surface area contributed by atoms with Gasteiger partial charge >= 0.3 is 0 Å². The van der Waals surface area contributed by atoms with Crippen LogP contribution in [0.25, 0.3) is 5.69 Å². The van der Waals surface area contributed by atoms with Crippen molar-refractivity contribution >= 4 is 23.4 Å². The average Bonchev–Trinajstić information content (AvgIpc) is 3.21. The lowest BCUT2D eigenvalue weighted by atomic mass is 10.2. The van der Waals surface area contributed by atoms with Crippen molar-refractivity contribution in [3.8, 4) is 17.2 Å². The van der Waals surface area contributed by atoms with Crippen LogP contribution < -0.4 is 14.8 Å². The normalized spacial score (nSPS) is 10.9. The summed E-state index contributed by atoms with van der Waals surface area (Å²) in [5.74, 6) is 2.08. The molecule has 0 aliphatic carbocycles. The minimum atomic E-state index is 0.561. The van der Waals surface area contributed by atoms with Gasteiger partial charge in [0.05, 0.1) is 24.4 Å². The highest BCUT2D eigenvalue weighted by Gasteiger charge is 2.12. The molecule has 0 spiro atoms. The van der Waals surface area contributed by atoms with E-state index in [-0.39, 0.29) is 0 Å². The fourth-order valence-corrected chi connectivity index (χ4v) is 3.74. The number of nitrogens with one attached hydrogen (secondary N) is 1. The van der Waals surface area contributed by atoms with Gasteiger partial charge in [-0.15, -0.1) is 5.10 Å². The Morgan fingerprint density at radius 3 is 2.79 bits per heavy atom. The maximum Gasteiger partial charge on any atom is 0.214 e. The van der Waals surface area contributed by atoms with Crippen LogP contribution in [0.5, 0.6) is 11.5 Å². The van der Waals surface area contributed by atoms with Crippen molar-refractivity contribution in [3.63, 3.8) is 0 Å². The Morgan fingerprint density at radius 2 is 2.03 bits per heavy atom. The summed E-state index contributed by atoms with van der Waals surface area (Å²) in [4.78, 5) is 0. The molecule has 0 radical (unpaired) electrons. The van der Waals surface area contributed by atoms with Gasteiger partial charge < -0.3 is 14.8 Å². The van der Waals surface area contributed by atoms with Crippen molar-refractivity contribution in [1.29, 1.82) is 0 Å². The molecule has 1 N–H and O–H groups in total. The minimum absolute atomic E-state index is 0.561. The molecule has 1 heterocycles. The van der Waals surface area contributed by atoms with Gasteiger partial charge in [0, 0.05) is 18.8 Å². The molecule has 9 heteroatoms. The summed E-state index contributed by atoms with van der Waals surface area (Å²) in [5.41, 5.74) is 1.98. The molecule has 3 rings (SSSR count). The molecular weight excluding hydrogens is 410 g/mol. The Morgan fingerprint density at radius 1 is 1.21 bits per heavy atom. The summed E-state index contributed by atoms with van der Waals surface area (Å²) in [6.45, 7) is 4.12. The number of methoxy groups -OCH3 is 1. The smallest absolute Gasteiger partial charge is 0.214 e. The van der Waals surface area contributed by atoms with Crippen molar-refractivity contribution in [2.45, 2.75) is 25.0 Å². The lowest BCUT2D eigenvalue weighted by molar-refractivity contribution is 0.294. The van der Waals surface area contributed by atoms with Crippen LogP contribution in [0.4, 0.5) is 0 Å². The van der Waals surface area contributed by atoms with Crippen LogP contribution >= 0.6 is 23.4 Å². The van der Waals surface area contributed by atoms with E-state index < -0.39 is 0 Å². The molecule has 3 aromatic rings. The van der Waals surface area contributed by atoms with E-state index in [1.165, 1.54) is 0 Å². The number of para-hydroxylation sites is 1. The molecule has 0 fully saturated rings. The quantitative estimate of drug-likeness (QED) is 0.362. The van der Waals surface area contributed by atoms with Crippen molar-refractivity contribution in [2.24, 2.45) is 0 Å². The van der Waals surface area contributed by atoms with E-state index in [9.17, 15) is 0 Å². The van der Waals surface area contributed by atoms with Crippen molar-refractivity contribution in [2.75, 3.05) is 26.0 Å². The molecular formula is C20H24ClN5O2S. The third kappa shape index (κ3) is 5.85. The van der Waals surface area contributed by atoms with E-state index in [0.29, 0.717) is 29.7 Å². The lowest BCUT2D eigenvalue weighted by Gasteiger charge is -2.14. The van der Waals surface area contributed by atoms with E-state index in [0.717, 1.165) is 35.1 Å². The van der Waals surface area contributed by atoms with Crippen molar-refractivity contribution in [1.82, 2.24) is 25.5 Å².